The van der Waals surface area contributed by atoms with Crippen LogP contribution in [0, 0.1) is 0 Å². The Morgan fingerprint density at radius 3 is 2.37 bits per heavy atom. The first-order valence-electron chi connectivity index (χ1n) is 7.09. The lowest BCUT2D eigenvalue weighted by molar-refractivity contribution is 0.0135. The van der Waals surface area contributed by atoms with Gasteiger partial charge in [-0.15, -0.1) is 0 Å². The quantitative estimate of drug-likeness (QED) is 0.505. The van der Waals surface area contributed by atoms with E-state index in [0.717, 1.165) is 25.2 Å². The molecule has 2 atom stereocenters. The van der Waals surface area contributed by atoms with E-state index in [0.29, 0.717) is 13.1 Å². The van der Waals surface area contributed by atoms with Crippen molar-refractivity contribution in [3.63, 3.8) is 0 Å². The van der Waals surface area contributed by atoms with Crippen molar-refractivity contribution in [2.45, 2.75) is 39.5 Å². The number of allylic oxidation sites excluding steroid dienone is 1. The van der Waals surface area contributed by atoms with Gasteiger partial charge in [0.05, 0.1) is 6.10 Å². The van der Waals surface area contributed by atoms with Crippen LogP contribution in [-0.2, 0) is 0 Å². The van der Waals surface area contributed by atoms with Gasteiger partial charge in [-0.1, -0.05) is 13.8 Å². The van der Waals surface area contributed by atoms with E-state index in [9.17, 15) is 10.2 Å². The molecule has 0 rings (SSSR count). The molecule has 0 aliphatic rings. The lowest BCUT2D eigenvalue weighted by Crippen LogP contribution is -2.42. The van der Waals surface area contributed by atoms with Crippen LogP contribution in [0.1, 0.15) is 27.2 Å². The van der Waals surface area contributed by atoms with Crippen LogP contribution in [0.3, 0.4) is 0 Å². The highest BCUT2D eigenvalue weighted by molar-refractivity contribution is 4.98. The number of rotatable bonds is 10. The molecule has 0 bridgehead atoms. The summed E-state index contributed by atoms with van der Waals surface area (Å²) < 4.78 is 0. The lowest BCUT2D eigenvalue weighted by atomic mass is 10.2. The molecule has 0 aliphatic carbocycles. The standard InChI is InChI=1S/C14H31N3O2/c1-6-8-17(7-2)11-13(18)10-16(5)14(19)9-12(3)15-4/h9,13-15,18-19H,6-8,10-11H2,1-5H3/b12-9+/t13-,14?/m0/s1. The van der Waals surface area contributed by atoms with Gasteiger partial charge in [-0.25, -0.2) is 0 Å². The second kappa shape index (κ2) is 10.2. The topological polar surface area (TPSA) is 59.0 Å². The summed E-state index contributed by atoms with van der Waals surface area (Å²) >= 11 is 0. The fraction of sp³-hybridized carbons (Fsp3) is 0.857. The third kappa shape index (κ3) is 8.21. The highest BCUT2D eigenvalue weighted by atomic mass is 16.3. The SMILES string of the molecule is CCCN(CC)C[C@@H](O)CN(C)C(O)/C=C(\C)NC. The van der Waals surface area contributed by atoms with E-state index in [1.165, 1.54) is 0 Å². The van der Waals surface area contributed by atoms with Crippen molar-refractivity contribution in [2.24, 2.45) is 0 Å². The highest BCUT2D eigenvalue weighted by Crippen LogP contribution is 2.02. The number of nitrogens with one attached hydrogen (secondary N) is 1. The van der Waals surface area contributed by atoms with Crippen molar-refractivity contribution in [1.29, 1.82) is 0 Å². The minimum absolute atomic E-state index is 0.450. The van der Waals surface area contributed by atoms with Gasteiger partial charge in [-0.2, -0.15) is 0 Å². The van der Waals surface area contributed by atoms with E-state index in [1.54, 1.807) is 11.0 Å². The largest absolute Gasteiger partial charge is 0.392 e. The fourth-order valence-electron chi connectivity index (χ4n) is 1.93. The smallest absolute Gasteiger partial charge is 0.128 e. The van der Waals surface area contributed by atoms with Crippen LogP contribution >= 0.6 is 0 Å². The van der Waals surface area contributed by atoms with Gasteiger partial charge < -0.3 is 20.4 Å². The first-order chi connectivity index (χ1) is 8.94. The van der Waals surface area contributed by atoms with Gasteiger partial charge in [0, 0.05) is 25.8 Å². The van der Waals surface area contributed by atoms with Crippen molar-refractivity contribution in [2.75, 3.05) is 40.3 Å². The van der Waals surface area contributed by atoms with Crippen LogP contribution in [-0.4, -0.2) is 72.6 Å². The zero-order valence-corrected chi connectivity index (χ0v) is 13.1. The molecule has 0 fully saturated rings. The molecule has 19 heavy (non-hydrogen) atoms. The number of hydrogen-bond acceptors (Lipinski definition) is 5. The molecule has 1 unspecified atom stereocenters. The van der Waals surface area contributed by atoms with E-state index >= 15 is 0 Å². The highest BCUT2D eigenvalue weighted by Gasteiger charge is 2.15. The Hall–Kier alpha value is -0.620. The maximum atomic E-state index is 10.1. The molecule has 0 aromatic carbocycles. The summed E-state index contributed by atoms with van der Waals surface area (Å²) in [7, 11) is 3.63. The maximum Gasteiger partial charge on any atom is 0.128 e. The van der Waals surface area contributed by atoms with Gasteiger partial charge in [-0.3, -0.25) is 4.90 Å². The summed E-state index contributed by atoms with van der Waals surface area (Å²) in [6.45, 7) is 9.17. The molecule has 0 amide bonds. The van der Waals surface area contributed by atoms with E-state index in [1.807, 2.05) is 21.0 Å². The molecule has 0 saturated heterocycles. The summed E-state index contributed by atoms with van der Waals surface area (Å²) in [5.74, 6) is 0. The number of nitrogens with zero attached hydrogens (tertiary/aromatic N) is 2. The third-order valence-electron chi connectivity index (χ3n) is 3.20. The second-order valence-corrected chi connectivity index (χ2v) is 5.00. The monoisotopic (exact) mass is 273 g/mol. The number of hydrogen-bond donors (Lipinski definition) is 3. The van der Waals surface area contributed by atoms with E-state index in [2.05, 4.69) is 24.1 Å². The lowest BCUT2D eigenvalue weighted by Gasteiger charge is -2.28. The summed E-state index contributed by atoms with van der Waals surface area (Å²) in [5, 5.41) is 23.0. The van der Waals surface area contributed by atoms with Crippen molar-refractivity contribution < 1.29 is 10.2 Å². The Kier molecular flexibility index (Phi) is 9.87. The van der Waals surface area contributed by atoms with Crippen LogP contribution in [0.5, 0.6) is 0 Å². The van der Waals surface area contributed by atoms with Crippen LogP contribution in [0.15, 0.2) is 11.8 Å². The Morgan fingerprint density at radius 1 is 1.26 bits per heavy atom. The van der Waals surface area contributed by atoms with Gasteiger partial charge in [0.2, 0.25) is 0 Å². The molecule has 5 nitrogen and oxygen atoms in total. The van der Waals surface area contributed by atoms with Crippen LogP contribution < -0.4 is 5.32 Å². The summed E-state index contributed by atoms with van der Waals surface area (Å²) in [6.07, 6.45) is 1.69. The average molecular weight is 273 g/mol. The van der Waals surface area contributed by atoms with Gasteiger partial charge in [0.25, 0.3) is 0 Å². The number of aliphatic hydroxyl groups excluding tert-OH is 2. The summed E-state index contributed by atoms with van der Waals surface area (Å²) in [5.41, 5.74) is 0.912. The van der Waals surface area contributed by atoms with Gasteiger partial charge in [0.1, 0.15) is 6.23 Å². The molecule has 0 aromatic heterocycles. The van der Waals surface area contributed by atoms with Gasteiger partial charge in [-0.05, 0) is 39.6 Å². The maximum absolute atomic E-state index is 10.1. The normalized spacial score (nSPS) is 15.9. The van der Waals surface area contributed by atoms with Gasteiger partial charge >= 0.3 is 0 Å². The van der Waals surface area contributed by atoms with E-state index in [4.69, 9.17) is 0 Å². The Morgan fingerprint density at radius 2 is 1.89 bits per heavy atom. The average Bonchev–Trinajstić information content (AvgIpc) is 2.37. The predicted molar refractivity (Wildman–Crippen MR) is 79.9 cm³/mol. The molecule has 0 radical (unpaired) electrons. The van der Waals surface area contributed by atoms with Crippen LogP contribution in [0.2, 0.25) is 0 Å². The molecule has 3 N–H and O–H groups in total. The molecule has 0 saturated carbocycles. The molecule has 5 heteroatoms. The number of aliphatic hydroxyl groups is 2. The Labute approximate surface area is 117 Å². The fourth-order valence-corrected chi connectivity index (χ4v) is 1.93. The first kappa shape index (κ1) is 18.4. The molecule has 0 heterocycles. The van der Waals surface area contributed by atoms with Crippen molar-refractivity contribution in [1.82, 2.24) is 15.1 Å². The molecular formula is C14H31N3O2. The molecule has 0 aromatic rings. The zero-order chi connectivity index (χ0) is 14.8. The van der Waals surface area contributed by atoms with E-state index in [-0.39, 0.29) is 0 Å². The minimum atomic E-state index is -0.677. The minimum Gasteiger partial charge on any atom is -0.392 e. The van der Waals surface area contributed by atoms with Crippen molar-refractivity contribution >= 4 is 0 Å². The second-order valence-electron chi connectivity index (χ2n) is 5.00. The van der Waals surface area contributed by atoms with Crippen molar-refractivity contribution in [3.05, 3.63) is 11.8 Å². The molecular weight excluding hydrogens is 242 g/mol. The predicted octanol–water partition coefficient (Wildman–Crippen LogP) is 0.453. The molecule has 0 aliphatic heterocycles. The molecule has 0 spiro atoms. The third-order valence-corrected chi connectivity index (χ3v) is 3.20. The first-order valence-corrected chi connectivity index (χ1v) is 7.09. The van der Waals surface area contributed by atoms with Crippen molar-refractivity contribution in [3.8, 4) is 0 Å². The summed E-state index contributed by atoms with van der Waals surface area (Å²) in [6, 6.07) is 0. The zero-order valence-electron chi connectivity index (χ0n) is 13.1. The van der Waals surface area contributed by atoms with Gasteiger partial charge in [0.15, 0.2) is 0 Å². The Balaban J connectivity index is 4.20. The van der Waals surface area contributed by atoms with Crippen LogP contribution in [0.4, 0.5) is 0 Å². The summed E-state index contributed by atoms with van der Waals surface area (Å²) in [4.78, 5) is 3.96. The molecule has 114 valence electrons. The van der Waals surface area contributed by atoms with E-state index < -0.39 is 12.3 Å². The van der Waals surface area contributed by atoms with Crippen LogP contribution in [0.25, 0.3) is 0 Å². The number of likely N-dealkylation sites (N-methyl/N-ethyl adjacent to an activating group) is 2. The Bertz CT molecular complexity index is 259.